The second-order valence-corrected chi connectivity index (χ2v) is 5.91. The lowest BCUT2D eigenvalue weighted by Crippen LogP contribution is -2.48. The second kappa shape index (κ2) is 6.36. The number of carbonyl (C=O) groups excluding carboxylic acids is 1. The van der Waals surface area contributed by atoms with Crippen molar-refractivity contribution in [2.75, 3.05) is 26.2 Å². The molecule has 1 saturated heterocycles. The van der Waals surface area contributed by atoms with Crippen molar-refractivity contribution in [3.63, 3.8) is 0 Å². The van der Waals surface area contributed by atoms with E-state index in [1.807, 2.05) is 25.7 Å². The molecule has 4 heteroatoms. The minimum Gasteiger partial charge on any atom is -0.342 e. The van der Waals surface area contributed by atoms with Crippen LogP contribution in [0.1, 0.15) is 40.0 Å². The zero-order valence-corrected chi connectivity index (χ0v) is 11.5. The maximum absolute atomic E-state index is 12.1. The number of hydrogen-bond donors (Lipinski definition) is 2. The molecule has 0 radical (unpaired) electrons. The monoisotopic (exact) mass is 241 g/mol. The molecule has 0 aromatic heterocycles. The highest BCUT2D eigenvalue weighted by molar-refractivity contribution is 5.81. The largest absolute Gasteiger partial charge is 0.342 e. The maximum atomic E-state index is 12.1. The van der Waals surface area contributed by atoms with Gasteiger partial charge in [0.25, 0.3) is 0 Å². The van der Waals surface area contributed by atoms with Crippen LogP contribution in [0.25, 0.3) is 0 Å². The molecule has 17 heavy (non-hydrogen) atoms. The molecule has 1 aliphatic rings. The van der Waals surface area contributed by atoms with Crippen LogP contribution in [0, 0.1) is 5.41 Å². The zero-order valence-electron chi connectivity index (χ0n) is 11.5. The SMILES string of the molecule is CC(C)(C)C(=O)N1CCC(NCCCN)CC1. The normalized spacial score (nSPS) is 18.5. The quantitative estimate of drug-likeness (QED) is 0.721. The molecule has 0 spiro atoms. The van der Waals surface area contributed by atoms with Crippen LogP contribution in [0.15, 0.2) is 0 Å². The van der Waals surface area contributed by atoms with Gasteiger partial charge >= 0.3 is 0 Å². The van der Waals surface area contributed by atoms with Gasteiger partial charge < -0.3 is 16.0 Å². The van der Waals surface area contributed by atoms with E-state index in [4.69, 9.17) is 5.73 Å². The van der Waals surface area contributed by atoms with E-state index in [1.165, 1.54) is 0 Å². The van der Waals surface area contributed by atoms with Gasteiger partial charge in [0.1, 0.15) is 0 Å². The number of carbonyl (C=O) groups is 1. The molecular formula is C13H27N3O. The van der Waals surface area contributed by atoms with Gasteiger partial charge in [0.05, 0.1) is 0 Å². The lowest BCUT2D eigenvalue weighted by Gasteiger charge is -2.36. The summed E-state index contributed by atoms with van der Waals surface area (Å²) in [6.45, 7) is 9.47. The van der Waals surface area contributed by atoms with Crippen molar-refractivity contribution in [3.8, 4) is 0 Å². The molecule has 4 nitrogen and oxygen atoms in total. The zero-order chi connectivity index (χ0) is 12.9. The Balaban J connectivity index is 2.28. The van der Waals surface area contributed by atoms with Crippen LogP contribution in [-0.2, 0) is 4.79 Å². The molecule has 1 heterocycles. The van der Waals surface area contributed by atoms with Crippen molar-refractivity contribution in [1.29, 1.82) is 0 Å². The Kier molecular flexibility index (Phi) is 5.40. The third-order valence-electron chi connectivity index (χ3n) is 3.24. The van der Waals surface area contributed by atoms with Gasteiger partial charge in [0.15, 0.2) is 0 Å². The van der Waals surface area contributed by atoms with E-state index in [-0.39, 0.29) is 11.3 Å². The molecule has 0 atom stereocenters. The number of nitrogens with zero attached hydrogens (tertiary/aromatic N) is 1. The number of rotatable bonds is 4. The van der Waals surface area contributed by atoms with Gasteiger partial charge in [-0.3, -0.25) is 4.79 Å². The molecular weight excluding hydrogens is 214 g/mol. The highest BCUT2D eigenvalue weighted by Crippen LogP contribution is 2.20. The molecule has 1 rings (SSSR count). The number of nitrogens with one attached hydrogen (secondary N) is 1. The fourth-order valence-corrected chi connectivity index (χ4v) is 2.17. The molecule has 0 aromatic rings. The van der Waals surface area contributed by atoms with E-state index in [1.54, 1.807) is 0 Å². The summed E-state index contributed by atoms with van der Waals surface area (Å²) >= 11 is 0. The summed E-state index contributed by atoms with van der Waals surface area (Å²) in [5, 5.41) is 3.50. The summed E-state index contributed by atoms with van der Waals surface area (Å²) in [6.07, 6.45) is 3.15. The second-order valence-electron chi connectivity index (χ2n) is 5.91. The Morgan fingerprint density at radius 1 is 1.35 bits per heavy atom. The van der Waals surface area contributed by atoms with E-state index in [0.29, 0.717) is 6.04 Å². The van der Waals surface area contributed by atoms with Crippen molar-refractivity contribution in [2.45, 2.75) is 46.1 Å². The number of hydrogen-bond acceptors (Lipinski definition) is 3. The van der Waals surface area contributed by atoms with E-state index in [9.17, 15) is 4.79 Å². The van der Waals surface area contributed by atoms with Crippen molar-refractivity contribution < 1.29 is 4.79 Å². The van der Waals surface area contributed by atoms with Crippen LogP contribution in [0.4, 0.5) is 0 Å². The van der Waals surface area contributed by atoms with Crippen molar-refractivity contribution >= 4 is 5.91 Å². The Morgan fingerprint density at radius 3 is 2.41 bits per heavy atom. The first-order chi connectivity index (χ1) is 7.95. The van der Waals surface area contributed by atoms with Crippen LogP contribution in [0.5, 0.6) is 0 Å². The van der Waals surface area contributed by atoms with Crippen molar-refractivity contribution in [3.05, 3.63) is 0 Å². The fraction of sp³-hybridized carbons (Fsp3) is 0.923. The minimum atomic E-state index is -0.250. The smallest absolute Gasteiger partial charge is 0.227 e. The van der Waals surface area contributed by atoms with Gasteiger partial charge in [-0.2, -0.15) is 0 Å². The average Bonchev–Trinajstić information content (AvgIpc) is 2.28. The van der Waals surface area contributed by atoms with Crippen LogP contribution in [-0.4, -0.2) is 43.0 Å². The summed E-state index contributed by atoms with van der Waals surface area (Å²) in [7, 11) is 0. The van der Waals surface area contributed by atoms with E-state index in [0.717, 1.165) is 45.4 Å². The Hall–Kier alpha value is -0.610. The topological polar surface area (TPSA) is 58.4 Å². The van der Waals surface area contributed by atoms with Gasteiger partial charge in [0, 0.05) is 24.5 Å². The van der Waals surface area contributed by atoms with Gasteiger partial charge in [-0.15, -0.1) is 0 Å². The predicted molar refractivity (Wildman–Crippen MR) is 70.7 cm³/mol. The third-order valence-corrected chi connectivity index (χ3v) is 3.24. The van der Waals surface area contributed by atoms with Crippen LogP contribution in [0.3, 0.4) is 0 Å². The molecule has 0 unspecified atom stereocenters. The van der Waals surface area contributed by atoms with Crippen LogP contribution in [0.2, 0.25) is 0 Å². The molecule has 1 fully saturated rings. The molecule has 100 valence electrons. The molecule has 0 saturated carbocycles. The Labute approximate surface area is 105 Å². The summed E-state index contributed by atoms with van der Waals surface area (Å²) in [5.74, 6) is 0.276. The first-order valence-electron chi connectivity index (χ1n) is 6.68. The Bertz CT molecular complexity index is 240. The number of piperidine rings is 1. The molecule has 0 bridgehead atoms. The van der Waals surface area contributed by atoms with Gasteiger partial charge in [-0.25, -0.2) is 0 Å². The maximum Gasteiger partial charge on any atom is 0.227 e. The highest BCUT2D eigenvalue weighted by Gasteiger charge is 2.29. The summed E-state index contributed by atoms with van der Waals surface area (Å²) < 4.78 is 0. The van der Waals surface area contributed by atoms with Gasteiger partial charge in [-0.1, -0.05) is 20.8 Å². The van der Waals surface area contributed by atoms with E-state index in [2.05, 4.69) is 5.32 Å². The summed E-state index contributed by atoms with van der Waals surface area (Å²) in [4.78, 5) is 14.1. The van der Waals surface area contributed by atoms with Crippen LogP contribution >= 0.6 is 0 Å². The van der Waals surface area contributed by atoms with Gasteiger partial charge in [-0.05, 0) is 32.4 Å². The average molecular weight is 241 g/mol. The fourth-order valence-electron chi connectivity index (χ4n) is 2.17. The van der Waals surface area contributed by atoms with Gasteiger partial charge in [0.2, 0.25) is 5.91 Å². The molecule has 3 N–H and O–H groups in total. The Morgan fingerprint density at radius 2 is 1.94 bits per heavy atom. The standard InChI is InChI=1S/C13H27N3O/c1-13(2,3)12(17)16-9-5-11(6-10-16)15-8-4-7-14/h11,15H,4-10,14H2,1-3H3. The lowest BCUT2D eigenvalue weighted by atomic mass is 9.93. The van der Waals surface area contributed by atoms with E-state index < -0.39 is 0 Å². The highest BCUT2D eigenvalue weighted by atomic mass is 16.2. The van der Waals surface area contributed by atoms with E-state index >= 15 is 0 Å². The lowest BCUT2D eigenvalue weighted by molar-refractivity contribution is -0.140. The number of likely N-dealkylation sites (tertiary alicyclic amines) is 1. The summed E-state index contributed by atoms with van der Waals surface area (Å²) in [5.41, 5.74) is 5.21. The first kappa shape index (κ1) is 14.5. The van der Waals surface area contributed by atoms with Crippen LogP contribution < -0.4 is 11.1 Å². The first-order valence-corrected chi connectivity index (χ1v) is 6.68. The molecule has 0 aliphatic carbocycles. The molecule has 1 amide bonds. The molecule has 0 aromatic carbocycles. The number of nitrogens with two attached hydrogens (primary N) is 1. The minimum absolute atomic E-state index is 0.250. The summed E-state index contributed by atoms with van der Waals surface area (Å²) in [6, 6.07) is 0.561. The van der Waals surface area contributed by atoms with Crippen molar-refractivity contribution in [1.82, 2.24) is 10.2 Å². The number of amides is 1. The predicted octanol–water partition coefficient (Wildman–Crippen LogP) is 0.962. The van der Waals surface area contributed by atoms with Crippen molar-refractivity contribution in [2.24, 2.45) is 11.1 Å². The third kappa shape index (κ3) is 4.64. The molecule has 1 aliphatic heterocycles.